The molecule has 20 heavy (non-hydrogen) atoms. The highest BCUT2D eigenvalue weighted by molar-refractivity contribution is 7.89. The van der Waals surface area contributed by atoms with Crippen molar-refractivity contribution in [3.63, 3.8) is 0 Å². The van der Waals surface area contributed by atoms with Gasteiger partial charge in [-0.1, -0.05) is 11.6 Å². The van der Waals surface area contributed by atoms with E-state index in [1.807, 2.05) is 12.1 Å². The SMILES string of the molecule is O=c1[nH]cc(S(=O)(=O)NCCc2ccncc2)cc1Cl. The molecule has 0 bridgehead atoms. The average molecular weight is 314 g/mol. The van der Waals surface area contributed by atoms with Gasteiger partial charge in [-0.25, -0.2) is 13.1 Å². The third-order valence-corrected chi connectivity index (χ3v) is 4.32. The molecular formula is C12H12ClN3O3S. The summed E-state index contributed by atoms with van der Waals surface area (Å²) in [7, 11) is -3.69. The Morgan fingerprint density at radius 1 is 1.30 bits per heavy atom. The van der Waals surface area contributed by atoms with Crippen LogP contribution in [-0.4, -0.2) is 24.9 Å². The van der Waals surface area contributed by atoms with Crippen molar-refractivity contribution in [2.45, 2.75) is 11.3 Å². The zero-order valence-corrected chi connectivity index (χ0v) is 11.9. The summed E-state index contributed by atoms with van der Waals surface area (Å²) in [6.45, 7) is 0.239. The van der Waals surface area contributed by atoms with Gasteiger partial charge in [0, 0.05) is 25.1 Å². The number of aromatic amines is 1. The first-order chi connectivity index (χ1) is 9.49. The van der Waals surface area contributed by atoms with Crippen molar-refractivity contribution in [2.75, 3.05) is 6.54 Å². The normalized spacial score (nSPS) is 11.4. The van der Waals surface area contributed by atoms with E-state index < -0.39 is 15.6 Å². The Morgan fingerprint density at radius 2 is 2.00 bits per heavy atom. The zero-order valence-electron chi connectivity index (χ0n) is 10.3. The van der Waals surface area contributed by atoms with E-state index in [9.17, 15) is 13.2 Å². The number of aromatic nitrogens is 2. The molecule has 0 saturated heterocycles. The molecule has 0 unspecified atom stereocenters. The predicted molar refractivity (Wildman–Crippen MR) is 75.2 cm³/mol. The van der Waals surface area contributed by atoms with Gasteiger partial charge < -0.3 is 4.98 Å². The lowest BCUT2D eigenvalue weighted by atomic mass is 10.2. The maximum Gasteiger partial charge on any atom is 0.266 e. The Bertz CT molecular complexity index is 744. The molecule has 0 fully saturated rings. The van der Waals surface area contributed by atoms with E-state index in [1.54, 1.807) is 12.4 Å². The van der Waals surface area contributed by atoms with Gasteiger partial charge >= 0.3 is 0 Å². The second kappa shape index (κ2) is 6.17. The molecule has 0 saturated carbocycles. The van der Waals surface area contributed by atoms with Crippen LogP contribution < -0.4 is 10.3 Å². The van der Waals surface area contributed by atoms with Gasteiger partial charge in [-0.05, 0) is 30.2 Å². The Labute approximate surface area is 120 Å². The second-order valence-electron chi connectivity index (χ2n) is 4.02. The summed E-state index contributed by atoms with van der Waals surface area (Å²) in [5.41, 5.74) is 0.449. The highest BCUT2D eigenvalue weighted by Gasteiger charge is 2.14. The molecule has 2 heterocycles. The number of hydrogen-bond acceptors (Lipinski definition) is 4. The van der Waals surface area contributed by atoms with Crippen LogP contribution in [0.15, 0.2) is 46.5 Å². The molecule has 0 aliphatic heterocycles. The standard InChI is InChI=1S/C12H12ClN3O3S/c13-11-7-10(8-15-12(11)17)20(18,19)16-6-3-9-1-4-14-5-2-9/h1-2,4-5,7-8,16H,3,6H2,(H,15,17). The first-order valence-corrected chi connectivity index (χ1v) is 7.62. The monoisotopic (exact) mass is 313 g/mol. The molecule has 0 amide bonds. The van der Waals surface area contributed by atoms with Gasteiger partial charge in [0.1, 0.15) is 5.02 Å². The minimum absolute atomic E-state index is 0.0724. The highest BCUT2D eigenvalue weighted by Crippen LogP contribution is 2.10. The number of nitrogens with one attached hydrogen (secondary N) is 2. The topological polar surface area (TPSA) is 91.9 Å². The van der Waals surface area contributed by atoms with E-state index in [1.165, 1.54) is 0 Å². The van der Waals surface area contributed by atoms with E-state index in [-0.39, 0.29) is 16.5 Å². The molecule has 8 heteroatoms. The second-order valence-corrected chi connectivity index (χ2v) is 6.19. The third kappa shape index (κ3) is 3.66. The lowest BCUT2D eigenvalue weighted by Gasteiger charge is -2.06. The molecular weight excluding hydrogens is 302 g/mol. The van der Waals surface area contributed by atoms with Crippen molar-refractivity contribution in [1.82, 2.24) is 14.7 Å². The van der Waals surface area contributed by atoms with Crippen LogP contribution in [0.3, 0.4) is 0 Å². The number of nitrogens with zero attached hydrogens (tertiary/aromatic N) is 1. The maximum atomic E-state index is 12.0. The number of rotatable bonds is 5. The van der Waals surface area contributed by atoms with Crippen molar-refractivity contribution < 1.29 is 8.42 Å². The molecule has 2 aromatic heterocycles. The van der Waals surface area contributed by atoms with Gasteiger partial charge in [-0.3, -0.25) is 9.78 Å². The summed E-state index contributed by atoms with van der Waals surface area (Å²) in [6.07, 6.45) is 4.94. The molecule has 6 nitrogen and oxygen atoms in total. The molecule has 0 aliphatic carbocycles. The van der Waals surface area contributed by atoms with E-state index in [4.69, 9.17) is 11.6 Å². The fraction of sp³-hybridized carbons (Fsp3) is 0.167. The van der Waals surface area contributed by atoms with Crippen molar-refractivity contribution in [1.29, 1.82) is 0 Å². The van der Waals surface area contributed by atoms with E-state index >= 15 is 0 Å². The van der Waals surface area contributed by atoms with Gasteiger partial charge in [0.15, 0.2) is 0 Å². The molecule has 2 aromatic rings. The van der Waals surface area contributed by atoms with Crippen LogP contribution >= 0.6 is 11.6 Å². The highest BCUT2D eigenvalue weighted by atomic mass is 35.5. The predicted octanol–water partition coefficient (Wildman–Crippen LogP) is 0.944. The van der Waals surface area contributed by atoms with Crippen LogP contribution in [0, 0.1) is 0 Å². The van der Waals surface area contributed by atoms with Crippen LogP contribution in [0.4, 0.5) is 0 Å². The lowest BCUT2D eigenvalue weighted by Crippen LogP contribution is -2.26. The summed E-state index contributed by atoms with van der Waals surface area (Å²) in [5, 5.41) is -0.165. The Balaban J connectivity index is 2.04. The molecule has 0 radical (unpaired) electrons. The fourth-order valence-electron chi connectivity index (χ4n) is 1.56. The maximum absolute atomic E-state index is 12.0. The summed E-state index contributed by atoms with van der Waals surface area (Å²) < 4.78 is 26.4. The Hall–Kier alpha value is -1.70. The van der Waals surface area contributed by atoms with E-state index in [0.29, 0.717) is 6.42 Å². The Morgan fingerprint density at radius 3 is 2.65 bits per heavy atom. The van der Waals surface area contributed by atoms with E-state index in [2.05, 4.69) is 14.7 Å². The summed E-state index contributed by atoms with van der Waals surface area (Å²) in [6, 6.07) is 4.74. The molecule has 2 N–H and O–H groups in total. The smallest absolute Gasteiger partial charge is 0.266 e. The van der Waals surface area contributed by atoms with Crippen molar-refractivity contribution >= 4 is 21.6 Å². The van der Waals surface area contributed by atoms with Gasteiger partial charge in [0.05, 0.1) is 4.90 Å². The van der Waals surface area contributed by atoms with Crippen LogP contribution in [-0.2, 0) is 16.4 Å². The minimum atomic E-state index is -3.69. The Kier molecular flexibility index (Phi) is 4.53. The molecule has 0 aliphatic rings. The van der Waals surface area contributed by atoms with Gasteiger partial charge in [-0.15, -0.1) is 0 Å². The van der Waals surface area contributed by atoms with Crippen molar-refractivity contribution in [2.24, 2.45) is 0 Å². The van der Waals surface area contributed by atoms with Crippen LogP contribution in [0.5, 0.6) is 0 Å². The van der Waals surface area contributed by atoms with Gasteiger partial charge in [0.25, 0.3) is 5.56 Å². The van der Waals surface area contributed by atoms with Crippen LogP contribution in [0.1, 0.15) is 5.56 Å². The van der Waals surface area contributed by atoms with Gasteiger partial charge in [-0.2, -0.15) is 0 Å². The third-order valence-electron chi connectivity index (χ3n) is 2.60. The number of hydrogen-bond donors (Lipinski definition) is 2. The molecule has 0 spiro atoms. The quantitative estimate of drug-likeness (QED) is 0.859. The average Bonchev–Trinajstić information content (AvgIpc) is 2.43. The number of pyridine rings is 2. The van der Waals surface area contributed by atoms with Crippen LogP contribution in [0.2, 0.25) is 5.02 Å². The molecule has 0 aromatic carbocycles. The fourth-order valence-corrected chi connectivity index (χ4v) is 2.82. The van der Waals surface area contributed by atoms with Crippen molar-refractivity contribution in [3.05, 3.63) is 57.7 Å². The lowest BCUT2D eigenvalue weighted by molar-refractivity contribution is 0.581. The first-order valence-electron chi connectivity index (χ1n) is 5.76. The minimum Gasteiger partial charge on any atom is -0.326 e. The number of sulfonamides is 1. The largest absolute Gasteiger partial charge is 0.326 e. The molecule has 2 rings (SSSR count). The van der Waals surface area contributed by atoms with Crippen LogP contribution in [0.25, 0.3) is 0 Å². The summed E-state index contributed by atoms with van der Waals surface area (Å²) in [4.78, 5) is 17.2. The zero-order chi connectivity index (χ0) is 14.6. The molecule has 106 valence electrons. The van der Waals surface area contributed by atoms with Gasteiger partial charge in [0.2, 0.25) is 10.0 Å². The summed E-state index contributed by atoms with van der Waals surface area (Å²) >= 11 is 5.61. The summed E-state index contributed by atoms with van der Waals surface area (Å²) in [5.74, 6) is 0. The first kappa shape index (κ1) is 14.7. The number of halogens is 1. The number of H-pyrrole nitrogens is 1. The van der Waals surface area contributed by atoms with E-state index in [0.717, 1.165) is 17.8 Å². The van der Waals surface area contributed by atoms with Crippen molar-refractivity contribution in [3.8, 4) is 0 Å². The molecule has 0 atom stereocenters.